The molecule has 1 fully saturated rings. The molecule has 2 heterocycles. The maximum Gasteiger partial charge on any atom is 0.267 e. The summed E-state index contributed by atoms with van der Waals surface area (Å²) in [7, 11) is 0. The van der Waals surface area contributed by atoms with Crippen LogP contribution in [-0.2, 0) is 4.74 Å². The Kier molecular flexibility index (Phi) is 5.19. The second kappa shape index (κ2) is 6.90. The van der Waals surface area contributed by atoms with Crippen LogP contribution >= 0.6 is 11.3 Å². The summed E-state index contributed by atoms with van der Waals surface area (Å²) >= 11 is 1.31. The van der Waals surface area contributed by atoms with Gasteiger partial charge in [-0.3, -0.25) is 4.79 Å². The van der Waals surface area contributed by atoms with Crippen LogP contribution in [-0.4, -0.2) is 48.1 Å². The molecule has 7 heteroatoms. The lowest BCUT2D eigenvalue weighted by molar-refractivity contribution is 0.0543. The van der Waals surface area contributed by atoms with Crippen LogP contribution < -0.4 is 11.1 Å². The number of thiazole rings is 1. The highest BCUT2D eigenvalue weighted by molar-refractivity contribution is 7.18. The standard InChI is InChI=1S/C13H22N4O2S/c1-3-15-13-16-11(14)10(20-13)12(18)17(4-2)8-9-6-5-7-19-9/h9H,3-8,14H2,1-2H3,(H,15,16). The molecule has 1 unspecified atom stereocenters. The van der Waals surface area contributed by atoms with Crippen LogP contribution in [0.3, 0.4) is 0 Å². The Morgan fingerprint density at radius 2 is 2.40 bits per heavy atom. The maximum atomic E-state index is 12.5. The average Bonchev–Trinajstić information content (AvgIpc) is 3.05. The molecule has 1 amide bonds. The highest BCUT2D eigenvalue weighted by atomic mass is 32.1. The first-order valence-electron chi connectivity index (χ1n) is 7.06. The van der Waals surface area contributed by atoms with E-state index in [9.17, 15) is 4.79 Å². The van der Waals surface area contributed by atoms with Crippen molar-refractivity contribution in [1.82, 2.24) is 9.88 Å². The molecule has 3 N–H and O–H groups in total. The Hall–Kier alpha value is -1.34. The van der Waals surface area contributed by atoms with Crippen LogP contribution in [0, 0.1) is 0 Å². The number of nitrogens with zero attached hydrogens (tertiary/aromatic N) is 2. The number of carbonyl (C=O) groups excluding carboxylic acids is 1. The fourth-order valence-electron chi connectivity index (χ4n) is 2.25. The number of likely N-dealkylation sites (N-methyl/N-ethyl adjacent to an activating group) is 1. The van der Waals surface area contributed by atoms with Gasteiger partial charge in [-0.15, -0.1) is 0 Å². The third kappa shape index (κ3) is 3.40. The van der Waals surface area contributed by atoms with Crippen LogP contribution in [0.15, 0.2) is 0 Å². The molecule has 0 aromatic carbocycles. The highest BCUT2D eigenvalue weighted by Crippen LogP contribution is 2.26. The van der Waals surface area contributed by atoms with Gasteiger partial charge >= 0.3 is 0 Å². The fourth-order valence-corrected chi connectivity index (χ4v) is 3.17. The Labute approximate surface area is 123 Å². The van der Waals surface area contributed by atoms with Gasteiger partial charge in [0.1, 0.15) is 10.7 Å². The quantitative estimate of drug-likeness (QED) is 0.837. The predicted octanol–water partition coefficient (Wildman–Crippen LogP) is 1.80. The van der Waals surface area contributed by atoms with Gasteiger partial charge < -0.3 is 20.7 Å². The lowest BCUT2D eigenvalue weighted by Gasteiger charge is -2.23. The van der Waals surface area contributed by atoms with Crippen LogP contribution in [0.25, 0.3) is 0 Å². The molecule has 0 radical (unpaired) electrons. The smallest absolute Gasteiger partial charge is 0.267 e. The van der Waals surface area contributed by atoms with Crippen molar-refractivity contribution < 1.29 is 9.53 Å². The number of aromatic nitrogens is 1. The molecule has 112 valence electrons. The van der Waals surface area contributed by atoms with Crippen molar-refractivity contribution in [3.05, 3.63) is 4.88 Å². The topological polar surface area (TPSA) is 80.5 Å². The number of hydrogen-bond acceptors (Lipinski definition) is 6. The summed E-state index contributed by atoms with van der Waals surface area (Å²) in [4.78, 5) is 19.0. The number of nitrogens with two attached hydrogens (primary N) is 1. The summed E-state index contributed by atoms with van der Waals surface area (Å²) in [6.07, 6.45) is 2.25. The van der Waals surface area contributed by atoms with Crippen LogP contribution in [0.2, 0.25) is 0 Å². The van der Waals surface area contributed by atoms with Crippen molar-refractivity contribution in [2.24, 2.45) is 0 Å². The van der Waals surface area contributed by atoms with Gasteiger partial charge in [-0.1, -0.05) is 11.3 Å². The molecular weight excluding hydrogens is 276 g/mol. The van der Waals surface area contributed by atoms with Crippen molar-refractivity contribution >= 4 is 28.2 Å². The van der Waals surface area contributed by atoms with E-state index >= 15 is 0 Å². The van der Waals surface area contributed by atoms with Gasteiger partial charge in [-0.25, -0.2) is 4.98 Å². The maximum absolute atomic E-state index is 12.5. The molecule has 0 saturated carbocycles. The zero-order valence-electron chi connectivity index (χ0n) is 12.0. The van der Waals surface area contributed by atoms with Crippen molar-refractivity contribution in [2.45, 2.75) is 32.8 Å². The molecule has 1 aliphatic rings. The molecule has 1 aromatic rings. The van der Waals surface area contributed by atoms with Crippen molar-refractivity contribution in [3.63, 3.8) is 0 Å². The van der Waals surface area contributed by atoms with E-state index in [0.717, 1.165) is 26.0 Å². The van der Waals surface area contributed by atoms with Gasteiger partial charge in [0.15, 0.2) is 5.13 Å². The number of rotatable bonds is 6. The molecule has 6 nitrogen and oxygen atoms in total. The second-order valence-corrected chi connectivity index (χ2v) is 5.74. The number of anilines is 2. The zero-order valence-corrected chi connectivity index (χ0v) is 12.8. The summed E-state index contributed by atoms with van der Waals surface area (Å²) in [5, 5.41) is 3.78. The Bertz CT molecular complexity index is 457. The van der Waals surface area contributed by atoms with Gasteiger partial charge in [0.2, 0.25) is 0 Å². The summed E-state index contributed by atoms with van der Waals surface area (Å²) in [5.41, 5.74) is 5.85. The predicted molar refractivity (Wildman–Crippen MR) is 81.2 cm³/mol. The van der Waals surface area contributed by atoms with Crippen molar-refractivity contribution in [1.29, 1.82) is 0 Å². The van der Waals surface area contributed by atoms with Gasteiger partial charge in [0.25, 0.3) is 5.91 Å². The van der Waals surface area contributed by atoms with E-state index in [2.05, 4.69) is 10.3 Å². The number of carbonyl (C=O) groups is 1. The first-order valence-corrected chi connectivity index (χ1v) is 7.88. The SMILES string of the molecule is CCNc1nc(N)c(C(=O)N(CC)CC2CCCO2)s1. The lowest BCUT2D eigenvalue weighted by Crippen LogP contribution is -2.37. The average molecular weight is 298 g/mol. The Morgan fingerprint density at radius 1 is 1.60 bits per heavy atom. The van der Waals surface area contributed by atoms with E-state index in [-0.39, 0.29) is 12.0 Å². The molecule has 20 heavy (non-hydrogen) atoms. The monoisotopic (exact) mass is 298 g/mol. The molecular formula is C13H22N4O2S. The van der Waals surface area contributed by atoms with Gasteiger partial charge in [0.05, 0.1) is 6.10 Å². The van der Waals surface area contributed by atoms with Crippen LogP contribution in [0.4, 0.5) is 10.9 Å². The molecule has 0 spiro atoms. The lowest BCUT2D eigenvalue weighted by atomic mass is 10.2. The number of nitrogens with one attached hydrogen (secondary N) is 1. The first-order chi connectivity index (χ1) is 9.65. The third-order valence-electron chi connectivity index (χ3n) is 3.29. The summed E-state index contributed by atoms with van der Waals surface area (Å²) < 4.78 is 5.60. The van der Waals surface area contributed by atoms with Gasteiger partial charge in [-0.05, 0) is 26.7 Å². The normalized spacial score (nSPS) is 18.2. The minimum Gasteiger partial charge on any atom is -0.382 e. The van der Waals surface area contributed by atoms with Crippen molar-refractivity contribution in [3.8, 4) is 0 Å². The minimum atomic E-state index is -0.0536. The largest absolute Gasteiger partial charge is 0.382 e. The minimum absolute atomic E-state index is 0.0536. The molecule has 1 saturated heterocycles. The molecule has 1 aromatic heterocycles. The molecule has 0 bridgehead atoms. The number of ether oxygens (including phenoxy) is 1. The summed E-state index contributed by atoms with van der Waals surface area (Å²) in [6.45, 7) is 6.78. The van der Waals surface area contributed by atoms with Crippen molar-refractivity contribution in [2.75, 3.05) is 37.3 Å². The van der Waals surface area contributed by atoms with E-state index in [1.54, 1.807) is 4.90 Å². The summed E-state index contributed by atoms with van der Waals surface area (Å²) in [5.74, 6) is 0.254. The molecule has 2 rings (SSSR count). The van der Waals surface area contributed by atoms with E-state index < -0.39 is 0 Å². The molecule has 1 atom stereocenters. The Balaban J connectivity index is 2.06. The first kappa shape index (κ1) is 15.1. The number of hydrogen-bond donors (Lipinski definition) is 2. The Morgan fingerprint density at radius 3 is 3.00 bits per heavy atom. The third-order valence-corrected chi connectivity index (χ3v) is 4.31. The zero-order chi connectivity index (χ0) is 14.5. The van der Waals surface area contributed by atoms with Crippen LogP contribution in [0.1, 0.15) is 36.4 Å². The number of amides is 1. The fraction of sp³-hybridized carbons (Fsp3) is 0.692. The summed E-state index contributed by atoms with van der Waals surface area (Å²) in [6, 6.07) is 0. The molecule has 1 aliphatic heterocycles. The van der Waals surface area contributed by atoms with Gasteiger partial charge in [0, 0.05) is 26.2 Å². The number of nitrogen functional groups attached to an aromatic ring is 1. The van der Waals surface area contributed by atoms with Gasteiger partial charge in [-0.2, -0.15) is 0 Å². The van der Waals surface area contributed by atoms with E-state index in [1.807, 2.05) is 13.8 Å². The van der Waals surface area contributed by atoms with E-state index in [4.69, 9.17) is 10.5 Å². The van der Waals surface area contributed by atoms with E-state index in [0.29, 0.717) is 28.9 Å². The molecule has 0 aliphatic carbocycles. The second-order valence-electron chi connectivity index (χ2n) is 4.74. The van der Waals surface area contributed by atoms with Crippen LogP contribution in [0.5, 0.6) is 0 Å². The highest BCUT2D eigenvalue weighted by Gasteiger charge is 2.25. The van der Waals surface area contributed by atoms with E-state index in [1.165, 1.54) is 11.3 Å².